The van der Waals surface area contributed by atoms with Gasteiger partial charge in [0, 0.05) is 19.6 Å². The van der Waals surface area contributed by atoms with Crippen LogP contribution in [0.2, 0.25) is 0 Å². The maximum Gasteiger partial charge on any atom is 0.227 e. The molecule has 0 saturated carbocycles. The molecule has 1 N–H and O–H groups in total. The van der Waals surface area contributed by atoms with Crippen molar-refractivity contribution in [1.82, 2.24) is 10.2 Å². The first-order valence-electron chi connectivity index (χ1n) is 7.96. The van der Waals surface area contributed by atoms with E-state index in [4.69, 9.17) is 0 Å². The molecular formula is C19H23ClN2O. The number of carbonyl (C=O) groups excluding carboxylic acids is 1. The minimum absolute atomic E-state index is 0. The van der Waals surface area contributed by atoms with Gasteiger partial charge in [-0.2, -0.15) is 0 Å². The smallest absolute Gasteiger partial charge is 0.227 e. The van der Waals surface area contributed by atoms with Crippen molar-refractivity contribution >= 4 is 18.3 Å². The van der Waals surface area contributed by atoms with Crippen molar-refractivity contribution in [2.24, 2.45) is 0 Å². The summed E-state index contributed by atoms with van der Waals surface area (Å²) < 4.78 is 0. The van der Waals surface area contributed by atoms with E-state index in [9.17, 15) is 4.79 Å². The molecule has 1 aliphatic heterocycles. The summed E-state index contributed by atoms with van der Waals surface area (Å²) in [5.41, 5.74) is 3.48. The topological polar surface area (TPSA) is 32.3 Å². The Hall–Kier alpha value is -1.84. The predicted molar refractivity (Wildman–Crippen MR) is 96.9 cm³/mol. The molecule has 23 heavy (non-hydrogen) atoms. The van der Waals surface area contributed by atoms with Gasteiger partial charge in [0.2, 0.25) is 5.91 Å². The van der Waals surface area contributed by atoms with Crippen LogP contribution in [0.1, 0.15) is 12.0 Å². The maximum atomic E-state index is 12.4. The summed E-state index contributed by atoms with van der Waals surface area (Å²) in [6.45, 7) is 3.60. The monoisotopic (exact) mass is 330 g/mol. The van der Waals surface area contributed by atoms with E-state index in [2.05, 4.69) is 41.7 Å². The number of hydrogen-bond donors (Lipinski definition) is 1. The normalized spacial score (nSPS) is 14.7. The van der Waals surface area contributed by atoms with Crippen LogP contribution >= 0.6 is 12.4 Å². The van der Waals surface area contributed by atoms with Gasteiger partial charge in [0.05, 0.1) is 6.42 Å². The third-order valence-electron chi connectivity index (χ3n) is 4.11. The molecule has 1 saturated heterocycles. The van der Waals surface area contributed by atoms with Crippen molar-refractivity contribution in [2.75, 3.05) is 26.2 Å². The van der Waals surface area contributed by atoms with E-state index in [1.54, 1.807) is 0 Å². The molecule has 4 heteroatoms. The average molecular weight is 331 g/mol. The van der Waals surface area contributed by atoms with Gasteiger partial charge in [-0.15, -0.1) is 12.4 Å². The molecule has 0 unspecified atom stereocenters. The van der Waals surface area contributed by atoms with Crippen molar-refractivity contribution < 1.29 is 4.79 Å². The second kappa shape index (κ2) is 8.70. The summed E-state index contributed by atoms with van der Waals surface area (Å²) in [7, 11) is 0. The largest absolute Gasteiger partial charge is 0.341 e. The minimum atomic E-state index is 0. The number of nitrogens with zero attached hydrogens (tertiary/aromatic N) is 1. The van der Waals surface area contributed by atoms with Crippen LogP contribution in [0.25, 0.3) is 11.1 Å². The summed E-state index contributed by atoms with van der Waals surface area (Å²) in [5, 5.41) is 3.33. The first-order chi connectivity index (χ1) is 10.8. The summed E-state index contributed by atoms with van der Waals surface area (Å²) >= 11 is 0. The zero-order valence-electron chi connectivity index (χ0n) is 13.2. The Morgan fingerprint density at radius 2 is 1.61 bits per heavy atom. The molecule has 3 rings (SSSR count). The van der Waals surface area contributed by atoms with Gasteiger partial charge in [0.1, 0.15) is 0 Å². The van der Waals surface area contributed by atoms with Crippen LogP contribution in [0.15, 0.2) is 54.6 Å². The average Bonchev–Trinajstić information content (AvgIpc) is 2.86. The molecule has 1 amide bonds. The van der Waals surface area contributed by atoms with Gasteiger partial charge in [-0.1, -0.05) is 54.6 Å². The standard InChI is InChI=1S/C19H22N2O.ClH/c22-19(21-13-4-11-20-12-14-21)15-16-7-9-18(10-8-16)17-5-2-1-3-6-17;/h1-3,5-10,20H,4,11-15H2;1H. The Labute approximate surface area is 144 Å². The molecule has 1 heterocycles. The van der Waals surface area contributed by atoms with E-state index in [0.717, 1.165) is 38.2 Å². The summed E-state index contributed by atoms with van der Waals surface area (Å²) in [4.78, 5) is 14.4. The Kier molecular flexibility index (Phi) is 6.63. The summed E-state index contributed by atoms with van der Waals surface area (Å²) in [6.07, 6.45) is 1.54. The van der Waals surface area contributed by atoms with Crippen LogP contribution in [0.4, 0.5) is 0 Å². The Morgan fingerprint density at radius 1 is 0.913 bits per heavy atom. The van der Waals surface area contributed by atoms with E-state index in [-0.39, 0.29) is 18.3 Å². The van der Waals surface area contributed by atoms with Crippen LogP contribution < -0.4 is 5.32 Å². The van der Waals surface area contributed by atoms with Crippen molar-refractivity contribution in [3.8, 4) is 11.1 Å². The van der Waals surface area contributed by atoms with Gasteiger partial charge >= 0.3 is 0 Å². The number of hydrogen-bond acceptors (Lipinski definition) is 2. The van der Waals surface area contributed by atoms with E-state index >= 15 is 0 Å². The highest BCUT2D eigenvalue weighted by molar-refractivity contribution is 5.85. The number of rotatable bonds is 3. The molecule has 3 nitrogen and oxygen atoms in total. The fraction of sp³-hybridized carbons (Fsp3) is 0.316. The third-order valence-corrected chi connectivity index (χ3v) is 4.11. The van der Waals surface area contributed by atoms with Crippen LogP contribution in [0, 0.1) is 0 Å². The van der Waals surface area contributed by atoms with E-state index in [0.29, 0.717) is 6.42 Å². The second-order valence-electron chi connectivity index (χ2n) is 5.72. The number of nitrogens with one attached hydrogen (secondary N) is 1. The highest BCUT2D eigenvalue weighted by Gasteiger charge is 2.15. The van der Waals surface area contributed by atoms with Crippen molar-refractivity contribution in [2.45, 2.75) is 12.8 Å². The fourth-order valence-corrected chi connectivity index (χ4v) is 2.83. The van der Waals surface area contributed by atoms with Crippen molar-refractivity contribution in [3.63, 3.8) is 0 Å². The molecular weight excluding hydrogens is 308 g/mol. The first kappa shape index (κ1) is 17.5. The van der Waals surface area contributed by atoms with E-state index in [1.807, 2.05) is 23.1 Å². The molecule has 1 aliphatic rings. The molecule has 1 fully saturated rings. The number of halogens is 1. The Morgan fingerprint density at radius 3 is 2.35 bits per heavy atom. The predicted octanol–water partition coefficient (Wildman–Crippen LogP) is 3.14. The molecule has 2 aromatic carbocycles. The quantitative estimate of drug-likeness (QED) is 0.937. The molecule has 2 aromatic rings. The van der Waals surface area contributed by atoms with Gasteiger partial charge in [0.15, 0.2) is 0 Å². The lowest BCUT2D eigenvalue weighted by Gasteiger charge is -2.20. The Balaban J connectivity index is 0.00000192. The zero-order valence-corrected chi connectivity index (χ0v) is 14.0. The van der Waals surface area contributed by atoms with Gasteiger partial charge in [0.25, 0.3) is 0 Å². The molecule has 0 spiro atoms. The van der Waals surface area contributed by atoms with Gasteiger partial charge in [-0.25, -0.2) is 0 Å². The lowest BCUT2D eigenvalue weighted by Crippen LogP contribution is -2.35. The van der Waals surface area contributed by atoms with Crippen molar-refractivity contribution in [1.29, 1.82) is 0 Å². The van der Waals surface area contributed by atoms with E-state index < -0.39 is 0 Å². The molecule has 0 aliphatic carbocycles. The SMILES string of the molecule is Cl.O=C(Cc1ccc(-c2ccccc2)cc1)N1CCCNCC1. The summed E-state index contributed by atoms with van der Waals surface area (Å²) in [5.74, 6) is 0.233. The molecule has 0 bridgehead atoms. The van der Waals surface area contributed by atoms with Gasteiger partial charge < -0.3 is 10.2 Å². The minimum Gasteiger partial charge on any atom is -0.341 e. The van der Waals surface area contributed by atoms with Crippen LogP contribution in [0.3, 0.4) is 0 Å². The van der Waals surface area contributed by atoms with Gasteiger partial charge in [-0.3, -0.25) is 4.79 Å². The van der Waals surface area contributed by atoms with Crippen LogP contribution in [-0.4, -0.2) is 37.0 Å². The van der Waals surface area contributed by atoms with Crippen LogP contribution in [-0.2, 0) is 11.2 Å². The highest BCUT2D eigenvalue weighted by atomic mass is 35.5. The third kappa shape index (κ3) is 4.81. The number of carbonyl (C=O) groups is 1. The number of benzene rings is 2. The molecule has 0 aromatic heterocycles. The highest BCUT2D eigenvalue weighted by Crippen LogP contribution is 2.19. The lowest BCUT2D eigenvalue weighted by molar-refractivity contribution is -0.130. The molecule has 0 atom stereocenters. The first-order valence-corrected chi connectivity index (χ1v) is 7.96. The van der Waals surface area contributed by atoms with Gasteiger partial charge in [-0.05, 0) is 29.7 Å². The van der Waals surface area contributed by atoms with E-state index in [1.165, 1.54) is 11.1 Å². The number of amides is 1. The van der Waals surface area contributed by atoms with Crippen molar-refractivity contribution in [3.05, 3.63) is 60.2 Å². The van der Waals surface area contributed by atoms with Crippen LogP contribution in [0.5, 0.6) is 0 Å². The fourth-order valence-electron chi connectivity index (χ4n) is 2.83. The summed E-state index contributed by atoms with van der Waals surface area (Å²) in [6, 6.07) is 18.6. The molecule has 0 radical (unpaired) electrons. The zero-order chi connectivity index (χ0) is 15.2. The maximum absolute atomic E-state index is 12.4. The second-order valence-corrected chi connectivity index (χ2v) is 5.72. The lowest BCUT2D eigenvalue weighted by atomic mass is 10.0. The molecule has 122 valence electrons. The Bertz CT molecular complexity index is 605.